The van der Waals surface area contributed by atoms with Crippen LogP contribution in [0, 0.1) is 12.3 Å². The van der Waals surface area contributed by atoms with Crippen LogP contribution in [-0.2, 0) is 67.7 Å². The number of nitrogens with zero attached hydrogens (tertiary/aromatic N) is 5. The Bertz CT molecular complexity index is 4050. The van der Waals surface area contributed by atoms with E-state index in [9.17, 15) is 35.5 Å². The van der Waals surface area contributed by atoms with Crippen LogP contribution in [0.3, 0.4) is 0 Å². The fourth-order valence-electron chi connectivity index (χ4n) is 14.1. The van der Waals surface area contributed by atoms with Crippen molar-refractivity contribution in [3.8, 4) is 5.69 Å². The first-order valence-corrected chi connectivity index (χ1v) is 38.7. The number of amides is 1. The Morgan fingerprint density at radius 3 is 2.00 bits per heavy atom. The monoisotopic (exact) mass is 1410 g/mol. The highest BCUT2D eigenvalue weighted by atomic mass is 32.2. The Kier molecular flexibility index (Phi) is 27.2. The first-order chi connectivity index (χ1) is 47.7. The summed E-state index contributed by atoms with van der Waals surface area (Å²) in [7, 11) is -4.92. The topological polar surface area (TPSA) is 243 Å². The normalized spacial score (nSPS) is 17.3. The van der Waals surface area contributed by atoms with Crippen LogP contribution >= 0.6 is 0 Å². The number of Topliss-reactive ketones (excluding diaryl/α,β-unsaturated/α-hetero) is 1. The number of aryl methyl sites for hydroxylation is 1. The predicted molar refractivity (Wildman–Crippen MR) is 394 cm³/mol. The molecule has 0 unspecified atom stereocenters. The lowest BCUT2D eigenvalue weighted by atomic mass is 9.75. The number of allylic oxidation sites excluding steroid dienone is 8. The molecule has 20 nitrogen and oxygen atoms in total. The van der Waals surface area contributed by atoms with Crippen molar-refractivity contribution in [3.05, 3.63) is 177 Å². The molecular weight excluding hydrogens is 1310 g/mol. The van der Waals surface area contributed by atoms with Gasteiger partial charge in [-0.05, 0) is 154 Å². The molecule has 1 aromatic heterocycles. The van der Waals surface area contributed by atoms with Crippen LogP contribution in [-0.4, -0.2) is 180 Å². The highest BCUT2D eigenvalue weighted by Gasteiger charge is 2.44. The van der Waals surface area contributed by atoms with E-state index < -0.39 is 20.2 Å². The largest absolute Gasteiger partial charge is 0.748 e. The number of hydrogen-bond donors (Lipinski definition) is 3. The maximum atomic E-state index is 13.2. The number of fused-ring (bicyclic) bond motifs is 3. The van der Waals surface area contributed by atoms with Gasteiger partial charge in [0.05, 0.1) is 102 Å². The molecule has 0 fully saturated rings. The number of ether oxygens (including phenoxy) is 5. The summed E-state index contributed by atoms with van der Waals surface area (Å²) in [6.07, 6.45) is 16.3. The summed E-state index contributed by atoms with van der Waals surface area (Å²) < 4.78 is 101. The van der Waals surface area contributed by atoms with E-state index in [0.717, 1.165) is 89.6 Å². The molecule has 0 bridgehead atoms. The van der Waals surface area contributed by atoms with Gasteiger partial charge in [-0.25, -0.2) is 13.1 Å². The smallest absolute Gasteiger partial charge is 0.264 e. The quantitative estimate of drug-likeness (QED) is 0.0188. The Morgan fingerprint density at radius 1 is 0.710 bits per heavy atom. The number of carbonyl (C=O) groups is 2. The lowest BCUT2D eigenvalue weighted by Crippen LogP contribution is -2.28. The average molecular weight is 1410 g/mol. The third-order valence-electron chi connectivity index (χ3n) is 19.2. The fourth-order valence-corrected chi connectivity index (χ4v) is 15.3. The Hall–Kier alpha value is -6.96. The van der Waals surface area contributed by atoms with E-state index in [0.29, 0.717) is 141 Å². The van der Waals surface area contributed by atoms with Crippen molar-refractivity contribution in [2.75, 3.05) is 128 Å². The molecule has 3 heterocycles. The Morgan fingerprint density at radius 2 is 1.34 bits per heavy atom. The molecule has 5 aromatic rings. The second-order valence-corrected chi connectivity index (χ2v) is 31.6. The number of unbranched alkanes of at least 4 members (excludes halogenated alkanes) is 2. The highest BCUT2D eigenvalue weighted by molar-refractivity contribution is 7.85. The standard InChI is InChI=1S/C78H105N7O13S2/c1-57-73-69(54-76(2,3)55-70(73)86)85(81-57)62-33-34-63(75(87)82(8)9)66(53-62)80-38-20-42-95-44-46-97-48-50-98-49-47-96-45-43-94-41-19-37-79-56-58-27-29-61(30-28-58)74-59(31-35-71-77(4,5)64-23-10-12-25-67(64)83(71)39-14-16-51-99(88,89)90)21-18-22-60(74)32-36-72-78(6,7)65-24-11-13-26-68(65)84(72)40-15-17-52-100(91,92)93/h10-13,23-36,53,79H,14-22,37-52,54-56H2,1-9H3,(H2-,80,87,88,89,90,91,92,93). The van der Waals surface area contributed by atoms with Crippen molar-refractivity contribution < 1.29 is 63.8 Å². The maximum Gasteiger partial charge on any atom is 0.264 e. The predicted octanol–water partition coefficient (Wildman–Crippen LogP) is 12.3. The van der Waals surface area contributed by atoms with E-state index in [-0.39, 0.29) is 45.9 Å². The lowest BCUT2D eigenvalue weighted by Gasteiger charge is -2.29. The minimum absolute atomic E-state index is 0.109. The molecule has 1 amide bonds. The van der Waals surface area contributed by atoms with Gasteiger partial charge in [0.1, 0.15) is 6.54 Å². The number of aromatic nitrogens is 2. The summed E-state index contributed by atoms with van der Waals surface area (Å²) in [6.45, 7) is 23.1. The Balaban J connectivity index is 0.703. The molecule has 4 aliphatic rings. The number of ketones is 1. The lowest BCUT2D eigenvalue weighted by molar-refractivity contribution is -0.438. The van der Waals surface area contributed by atoms with Gasteiger partial charge >= 0.3 is 0 Å². The maximum absolute atomic E-state index is 13.2. The summed E-state index contributed by atoms with van der Waals surface area (Å²) in [6, 6.07) is 31.3. The zero-order valence-corrected chi connectivity index (χ0v) is 61.8. The van der Waals surface area contributed by atoms with Crippen molar-refractivity contribution in [3.63, 3.8) is 0 Å². The van der Waals surface area contributed by atoms with E-state index >= 15 is 0 Å². The molecule has 0 spiro atoms. The van der Waals surface area contributed by atoms with Gasteiger partial charge in [-0.2, -0.15) is 18.1 Å². The van der Waals surface area contributed by atoms with Crippen molar-refractivity contribution in [1.82, 2.24) is 20.0 Å². The van der Waals surface area contributed by atoms with Crippen molar-refractivity contribution >= 4 is 60.3 Å². The summed E-state index contributed by atoms with van der Waals surface area (Å²) in [5.74, 6) is -0.651. The molecule has 542 valence electrons. The van der Waals surface area contributed by atoms with Gasteiger partial charge in [-0.15, -0.1) is 0 Å². The zero-order valence-electron chi connectivity index (χ0n) is 60.2. The summed E-state index contributed by atoms with van der Waals surface area (Å²) in [5, 5.41) is 11.8. The molecule has 0 radical (unpaired) electrons. The first kappa shape index (κ1) is 77.2. The molecular formula is C78H105N7O13S2. The van der Waals surface area contributed by atoms with Gasteiger partial charge in [-0.3, -0.25) is 14.1 Å². The van der Waals surface area contributed by atoms with Crippen LogP contribution < -0.4 is 15.5 Å². The molecule has 9 rings (SSSR count). The average Bonchev–Trinajstić information content (AvgIpc) is 1.60. The number of nitrogens with one attached hydrogen (secondary N) is 2. The number of benzene rings is 4. The summed E-state index contributed by atoms with van der Waals surface area (Å²) in [4.78, 5) is 30.1. The molecule has 100 heavy (non-hydrogen) atoms. The van der Waals surface area contributed by atoms with E-state index in [1.807, 2.05) is 41.9 Å². The van der Waals surface area contributed by atoms with E-state index in [1.54, 1.807) is 19.0 Å². The van der Waals surface area contributed by atoms with Gasteiger partial charge in [-0.1, -0.05) is 101 Å². The van der Waals surface area contributed by atoms with Gasteiger partial charge in [0.15, 0.2) is 11.5 Å². The van der Waals surface area contributed by atoms with E-state index in [1.165, 1.54) is 27.8 Å². The minimum Gasteiger partial charge on any atom is -0.748 e. The second kappa shape index (κ2) is 35.3. The van der Waals surface area contributed by atoms with Gasteiger partial charge in [0.2, 0.25) is 5.69 Å². The zero-order chi connectivity index (χ0) is 71.7. The van der Waals surface area contributed by atoms with Gasteiger partial charge in [0.25, 0.3) is 16.0 Å². The molecule has 2 aliphatic carbocycles. The summed E-state index contributed by atoms with van der Waals surface area (Å²) >= 11 is 0. The Labute approximate surface area is 593 Å². The first-order valence-electron chi connectivity index (χ1n) is 35.5. The summed E-state index contributed by atoms with van der Waals surface area (Å²) in [5.41, 5.74) is 16.3. The van der Waals surface area contributed by atoms with Crippen LogP contribution in [0.4, 0.5) is 17.1 Å². The van der Waals surface area contributed by atoms with E-state index in [4.69, 9.17) is 28.8 Å². The number of rotatable bonds is 39. The van der Waals surface area contributed by atoms with Gasteiger partial charge in [0, 0.05) is 106 Å². The van der Waals surface area contributed by atoms with Crippen LogP contribution in [0.25, 0.3) is 11.3 Å². The third-order valence-corrected chi connectivity index (χ3v) is 20.8. The van der Waals surface area contributed by atoms with Crippen LogP contribution in [0.5, 0.6) is 0 Å². The number of anilines is 2. The van der Waals surface area contributed by atoms with Crippen LogP contribution in [0.15, 0.2) is 132 Å². The molecule has 22 heteroatoms. The van der Waals surface area contributed by atoms with Crippen molar-refractivity contribution in [2.45, 2.75) is 136 Å². The third kappa shape index (κ3) is 20.7. The van der Waals surface area contributed by atoms with Crippen LogP contribution in [0.1, 0.15) is 160 Å². The number of carbonyl (C=O) groups excluding carboxylic acids is 2. The SMILES string of the molecule is Cc1nn(-c2ccc(C(=O)N(C)C)c(NCCCOCCOCCOCCOCCOCCCNCc3ccc(C4=C(/C=C/C5=[N+](CCCCS(=O)(=O)O)c6ccccc6C5(C)C)CCC/C4=C\C=C4/N(CCCCS(=O)(=O)[O-])c5ccccc5C4(C)C)cc3)c2)c2c1C(=O)CC(C)(C)C2. The van der Waals surface area contributed by atoms with Crippen LogP contribution in [0.2, 0.25) is 0 Å². The van der Waals surface area contributed by atoms with Crippen molar-refractivity contribution in [2.24, 2.45) is 5.41 Å². The van der Waals surface area contributed by atoms with Gasteiger partial charge < -0.3 is 48.7 Å². The molecule has 0 atom stereocenters. The second-order valence-electron chi connectivity index (χ2n) is 28.5. The van der Waals surface area contributed by atoms with Crippen molar-refractivity contribution in [1.29, 1.82) is 0 Å². The fraction of sp³-hybridized carbons (Fsp3) is 0.513. The molecule has 0 saturated heterocycles. The minimum atomic E-state index is -4.32. The molecule has 0 saturated carbocycles. The number of hydrogen-bond acceptors (Lipinski definition) is 16. The molecule has 4 aromatic carbocycles. The molecule has 3 N–H and O–H groups in total. The molecule has 2 aliphatic heterocycles. The highest BCUT2D eigenvalue weighted by Crippen LogP contribution is 2.49. The number of para-hydroxylation sites is 2. The van der Waals surface area contributed by atoms with E-state index in [2.05, 4.69) is 147 Å².